The largest absolute Gasteiger partial charge is 0.481 e. The van der Waals surface area contributed by atoms with Crippen LogP contribution in [0.3, 0.4) is 0 Å². The van der Waals surface area contributed by atoms with E-state index < -0.39 is 233 Å². The lowest BCUT2D eigenvalue weighted by Crippen LogP contribution is -2.68. The third-order valence-electron chi connectivity index (χ3n) is 23.1. The summed E-state index contributed by atoms with van der Waals surface area (Å²) in [6.07, 6.45) is -36.0. The molecule has 0 radical (unpaired) electrons. The maximum atomic E-state index is 13.0. The highest BCUT2D eigenvalue weighted by Gasteiger charge is 2.72. The van der Waals surface area contributed by atoms with Gasteiger partial charge in [0.1, 0.15) is 129 Å². The molecule has 4 saturated carbocycles. The van der Waals surface area contributed by atoms with E-state index in [-0.39, 0.29) is 29.1 Å². The minimum atomic E-state index is -1.97. The van der Waals surface area contributed by atoms with Gasteiger partial charge in [-0.15, -0.1) is 0 Å². The Morgan fingerprint density at radius 3 is 1.76 bits per heavy atom. The topological polar surface area (TPSA) is 480 Å². The zero-order chi connectivity index (χ0) is 67.6. The first-order valence-electron chi connectivity index (χ1n) is 32.3. The lowest BCUT2D eigenvalue weighted by atomic mass is 9.35. The minimum Gasteiger partial charge on any atom is -0.481 e. The summed E-state index contributed by atoms with van der Waals surface area (Å²) >= 11 is 0. The molecule has 0 bridgehead atoms. The number of fused-ring (bicyclic) bond motifs is 5. The lowest BCUT2D eigenvalue weighted by molar-refractivity contribution is -0.378. The van der Waals surface area contributed by atoms with Gasteiger partial charge < -0.3 is 139 Å². The van der Waals surface area contributed by atoms with Crippen LogP contribution in [0.15, 0.2) is 11.6 Å². The summed E-state index contributed by atoms with van der Waals surface area (Å²) in [5.41, 5.74) is -2.06. The van der Waals surface area contributed by atoms with Crippen molar-refractivity contribution in [3.8, 4) is 0 Å². The molecule has 0 aromatic heterocycles. The average Bonchev–Trinajstić information content (AvgIpc) is 1.26. The van der Waals surface area contributed by atoms with E-state index >= 15 is 0 Å². The molecule has 9 fully saturated rings. The second-order valence-corrected chi connectivity index (χ2v) is 29.2. The van der Waals surface area contributed by atoms with Crippen LogP contribution in [0.1, 0.15) is 120 Å². The first-order valence-corrected chi connectivity index (χ1v) is 32.3. The number of carbonyl (C=O) groups excluding carboxylic acids is 1. The molecule has 30 nitrogen and oxygen atoms in total. The van der Waals surface area contributed by atoms with Crippen molar-refractivity contribution < 1.29 is 149 Å². The second kappa shape index (κ2) is 28.8. The predicted molar refractivity (Wildman–Crippen MR) is 309 cm³/mol. The Morgan fingerprint density at radius 2 is 1.12 bits per heavy atom. The summed E-state index contributed by atoms with van der Waals surface area (Å²) in [5.74, 6) is -3.44. The second-order valence-electron chi connectivity index (χ2n) is 29.2. The molecule has 9 aliphatic rings. The van der Waals surface area contributed by atoms with Gasteiger partial charge in [0.2, 0.25) is 0 Å². The summed E-state index contributed by atoms with van der Waals surface area (Å²) < 4.78 is 65.7. The van der Waals surface area contributed by atoms with Crippen molar-refractivity contribution in [3.63, 3.8) is 0 Å². The molecule has 0 amide bonds. The van der Waals surface area contributed by atoms with Gasteiger partial charge >= 0.3 is 11.9 Å². The number of aliphatic carboxylic acids is 1. The van der Waals surface area contributed by atoms with Gasteiger partial charge in [-0.3, -0.25) is 9.59 Å². The van der Waals surface area contributed by atoms with Crippen molar-refractivity contribution in [1.29, 1.82) is 0 Å². The molecule has 5 heterocycles. The van der Waals surface area contributed by atoms with Gasteiger partial charge in [0.25, 0.3) is 0 Å². The number of aliphatic hydroxyl groups excluding tert-OH is 16. The number of esters is 1. The zero-order valence-corrected chi connectivity index (χ0v) is 53.4. The molecular formula is C62H102O30. The lowest BCUT2D eigenvalue weighted by Gasteiger charge is -2.71. The molecule has 30 heteroatoms. The highest BCUT2D eigenvalue weighted by atomic mass is 16.8. The third kappa shape index (κ3) is 13.9. The van der Waals surface area contributed by atoms with Crippen LogP contribution in [0.2, 0.25) is 0 Å². The van der Waals surface area contributed by atoms with Crippen LogP contribution in [-0.4, -0.2) is 297 Å². The highest BCUT2D eigenvalue weighted by molar-refractivity contribution is 5.90. The summed E-state index contributed by atoms with van der Waals surface area (Å²) in [5, 5.41) is 186. The fourth-order valence-electron chi connectivity index (χ4n) is 17.8. The number of carboxylic acids is 1. The maximum Gasteiger partial charge on any atom is 0.317 e. The molecular weight excluding hydrogens is 1220 g/mol. The fraction of sp³-hybridized carbons (Fsp3) is 0.935. The maximum absolute atomic E-state index is 13.0. The standard InChI is InChI=1S/C62H102O30/c1-25(2)10-9-14-62(8,92-56-49(80)45(76)42(73)32(88-56)24-84-54-50(81)51(43(74)30(21-64)85-54)90-53-47(78)39(70)28(66)22-83-53)26-11-16-61(7)38(26)27(65)18-34-59(5)15-13-35(58(3,4)33(59)12-17-60(34,61)6)89-57-52(46(77)40(71)29(20-63)86-57)91-55-48(79)44(75)41(72)31(87-55)23-82-37(69)19-36(67)68/h10,26-35,38-57,63-66,70-81H,9,11-24H2,1-8H3,(H,67,68). The van der Waals surface area contributed by atoms with Crippen LogP contribution in [0.25, 0.3) is 0 Å². The van der Waals surface area contributed by atoms with Gasteiger partial charge in [0.05, 0.1) is 44.2 Å². The Morgan fingerprint density at radius 1 is 0.554 bits per heavy atom. The van der Waals surface area contributed by atoms with Crippen LogP contribution < -0.4 is 0 Å². The molecule has 5 saturated heterocycles. The van der Waals surface area contributed by atoms with Crippen molar-refractivity contribution >= 4 is 11.9 Å². The van der Waals surface area contributed by atoms with E-state index in [2.05, 4.69) is 40.7 Å². The molecule has 9 rings (SSSR count). The number of hydrogen-bond acceptors (Lipinski definition) is 29. The molecule has 34 atom stereocenters. The monoisotopic (exact) mass is 1330 g/mol. The number of allylic oxidation sites excluding steroid dienone is 2. The van der Waals surface area contributed by atoms with E-state index in [1.54, 1.807) is 0 Å². The Labute approximate surface area is 533 Å². The third-order valence-corrected chi connectivity index (χ3v) is 23.1. The van der Waals surface area contributed by atoms with Crippen molar-refractivity contribution in [2.75, 3.05) is 33.0 Å². The van der Waals surface area contributed by atoms with Crippen molar-refractivity contribution in [1.82, 2.24) is 0 Å². The Hall–Kier alpha value is -2.36. The molecule has 5 aliphatic heterocycles. The first-order chi connectivity index (χ1) is 43.1. The Kier molecular flexibility index (Phi) is 23.2. The first kappa shape index (κ1) is 73.9. The smallest absolute Gasteiger partial charge is 0.317 e. The number of carboxylic acid groups (broad SMARTS) is 1. The Bertz CT molecular complexity index is 2510. The van der Waals surface area contributed by atoms with Gasteiger partial charge in [-0.05, 0) is 124 Å². The minimum absolute atomic E-state index is 0.0398. The number of ether oxygens (including phenoxy) is 11. The van der Waals surface area contributed by atoms with Gasteiger partial charge in [-0.2, -0.15) is 0 Å². The number of hydrogen-bond donors (Lipinski definition) is 17. The molecule has 92 heavy (non-hydrogen) atoms. The van der Waals surface area contributed by atoms with Crippen LogP contribution >= 0.6 is 0 Å². The van der Waals surface area contributed by atoms with Crippen molar-refractivity contribution in [2.24, 2.45) is 45.3 Å². The molecule has 0 aromatic carbocycles. The number of carbonyl (C=O) groups is 2. The Balaban J connectivity index is 0.905. The van der Waals surface area contributed by atoms with Gasteiger partial charge in [0, 0.05) is 0 Å². The summed E-state index contributed by atoms with van der Waals surface area (Å²) in [6, 6.07) is 0. The van der Waals surface area contributed by atoms with Crippen LogP contribution in [0.5, 0.6) is 0 Å². The van der Waals surface area contributed by atoms with Crippen LogP contribution in [0.4, 0.5) is 0 Å². The quantitative estimate of drug-likeness (QED) is 0.0227. The van der Waals surface area contributed by atoms with Crippen LogP contribution in [-0.2, 0) is 61.7 Å². The molecule has 4 aliphatic carbocycles. The van der Waals surface area contributed by atoms with E-state index in [1.165, 1.54) is 0 Å². The summed E-state index contributed by atoms with van der Waals surface area (Å²) in [7, 11) is 0. The molecule has 0 aromatic rings. The highest BCUT2D eigenvalue weighted by Crippen LogP contribution is 2.76. The number of rotatable bonds is 21. The SMILES string of the molecule is CC(C)=CCCC(C)(OC1OC(COC2OC(CO)C(O)C(OC3OCC(O)C(O)C3O)C2O)C(O)C(O)C1O)C1CCC2(C)C1C(O)CC1C3(C)CCC(OC4OC(CO)C(O)C(O)C4OC4OC(COC(=O)CC(=O)O)C(O)C(O)C4O)C(C)(C)C3CCC12C. The van der Waals surface area contributed by atoms with E-state index in [1.807, 2.05) is 20.8 Å². The summed E-state index contributed by atoms with van der Waals surface area (Å²) in [4.78, 5) is 23.1. The van der Waals surface area contributed by atoms with E-state index in [9.17, 15) is 91.3 Å². The zero-order valence-electron chi connectivity index (χ0n) is 53.4. The average molecular weight is 1330 g/mol. The molecule has 530 valence electrons. The molecule has 34 unspecified atom stereocenters. The molecule has 17 N–H and O–H groups in total. The fourth-order valence-corrected chi connectivity index (χ4v) is 17.8. The van der Waals surface area contributed by atoms with E-state index in [0.29, 0.717) is 44.9 Å². The van der Waals surface area contributed by atoms with Crippen LogP contribution in [0, 0.1) is 45.3 Å². The van der Waals surface area contributed by atoms with Gasteiger partial charge in [0.15, 0.2) is 31.5 Å². The van der Waals surface area contributed by atoms with E-state index in [0.717, 1.165) is 18.4 Å². The van der Waals surface area contributed by atoms with E-state index in [4.69, 9.17) is 57.2 Å². The van der Waals surface area contributed by atoms with Gasteiger partial charge in [-0.1, -0.05) is 46.3 Å². The molecule has 0 spiro atoms. The predicted octanol–water partition coefficient (Wildman–Crippen LogP) is -3.71. The van der Waals surface area contributed by atoms with Crippen molar-refractivity contribution in [2.45, 2.75) is 285 Å². The van der Waals surface area contributed by atoms with Gasteiger partial charge in [-0.25, -0.2) is 0 Å². The normalized spacial score (nSPS) is 50.1. The van der Waals surface area contributed by atoms with Crippen molar-refractivity contribution in [3.05, 3.63) is 11.6 Å². The summed E-state index contributed by atoms with van der Waals surface area (Å²) in [6.45, 7) is 13.5. The number of aliphatic hydroxyl groups is 16.